The fraction of sp³-hybridized carbons (Fsp3) is 0.545. The Labute approximate surface area is 93.8 Å². The van der Waals surface area contributed by atoms with E-state index in [0.29, 0.717) is 24.6 Å². The number of halogens is 1. The Balaban J connectivity index is 1.96. The number of alkyl halides is 1. The van der Waals surface area contributed by atoms with Crippen LogP contribution < -0.4 is 14.8 Å². The molecule has 0 aliphatic carbocycles. The lowest BCUT2D eigenvalue weighted by atomic mass is 10.1. The highest BCUT2D eigenvalue weighted by Gasteiger charge is 2.26. The maximum Gasteiger partial charge on any atom is 0.213 e. The number of methoxy groups -OCH3 is 1. The number of rotatable bonds is 3. The molecule has 4 nitrogen and oxygen atoms in total. The standard InChI is InChI=1S/C11H15FN2O2/c1-15-11-3-2-8(6-14-11)16-10-4-5-13-7-9(10)12/h2-3,6,9-10,13H,4-5,7H2,1H3/t9?,10-/m1/s1. The Hall–Kier alpha value is -1.36. The van der Waals surface area contributed by atoms with Crippen molar-refractivity contribution >= 4 is 0 Å². The van der Waals surface area contributed by atoms with Gasteiger partial charge in [0.2, 0.25) is 5.88 Å². The third kappa shape index (κ3) is 2.61. The Kier molecular flexibility index (Phi) is 3.56. The van der Waals surface area contributed by atoms with E-state index in [4.69, 9.17) is 9.47 Å². The monoisotopic (exact) mass is 226 g/mol. The van der Waals surface area contributed by atoms with Gasteiger partial charge in [0.15, 0.2) is 0 Å². The van der Waals surface area contributed by atoms with Gasteiger partial charge in [0.1, 0.15) is 18.0 Å². The summed E-state index contributed by atoms with van der Waals surface area (Å²) in [5, 5.41) is 2.98. The molecule has 0 amide bonds. The minimum absolute atomic E-state index is 0.355. The van der Waals surface area contributed by atoms with Crippen molar-refractivity contribution in [3.05, 3.63) is 18.3 Å². The zero-order valence-corrected chi connectivity index (χ0v) is 9.15. The van der Waals surface area contributed by atoms with Crippen LogP contribution in [0.3, 0.4) is 0 Å². The van der Waals surface area contributed by atoms with Gasteiger partial charge in [-0.05, 0) is 19.0 Å². The number of piperidine rings is 1. The van der Waals surface area contributed by atoms with Gasteiger partial charge in [-0.25, -0.2) is 9.37 Å². The second-order valence-corrected chi connectivity index (χ2v) is 3.70. The zero-order chi connectivity index (χ0) is 11.4. The van der Waals surface area contributed by atoms with Crippen molar-refractivity contribution < 1.29 is 13.9 Å². The van der Waals surface area contributed by atoms with E-state index in [2.05, 4.69) is 10.3 Å². The van der Waals surface area contributed by atoms with Gasteiger partial charge in [-0.3, -0.25) is 0 Å². The smallest absolute Gasteiger partial charge is 0.213 e. The molecule has 1 aromatic rings. The van der Waals surface area contributed by atoms with Crippen molar-refractivity contribution in [1.29, 1.82) is 0 Å². The van der Waals surface area contributed by atoms with Gasteiger partial charge >= 0.3 is 0 Å². The van der Waals surface area contributed by atoms with Gasteiger partial charge in [-0.15, -0.1) is 0 Å². The number of aromatic nitrogens is 1. The first-order valence-electron chi connectivity index (χ1n) is 5.31. The van der Waals surface area contributed by atoms with Crippen LogP contribution in [-0.2, 0) is 0 Å². The largest absolute Gasteiger partial charge is 0.486 e. The van der Waals surface area contributed by atoms with Gasteiger partial charge < -0.3 is 14.8 Å². The lowest BCUT2D eigenvalue weighted by Gasteiger charge is -2.27. The van der Waals surface area contributed by atoms with Crippen LogP contribution in [0.2, 0.25) is 0 Å². The number of hydrogen-bond acceptors (Lipinski definition) is 4. The Bertz CT molecular complexity index is 331. The van der Waals surface area contributed by atoms with Crippen molar-refractivity contribution in [1.82, 2.24) is 10.3 Å². The Morgan fingerprint density at radius 1 is 1.50 bits per heavy atom. The molecule has 1 fully saturated rings. The van der Waals surface area contributed by atoms with Crippen LogP contribution in [0.15, 0.2) is 18.3 Å². The predicted molar refractivity (Wildman–Crippen MR) is 57.6 cm³/mol. The van der Waals surface area contributed by atoms with Crippen LogP contribution in [0.5, 0.6) is 11.6 Å². The average Bonchev–Trinajstić information content (AvgIpc) is 2.33. The Morgan fingerprint density at radius 3 is 3.00 bits per heavy atom. The summed E-state index contributed by atoms with van der Waals surface area (Å²) in [7, 11) is 1.55. The SMILES string of the molecule is COc1ccc(O[C@@H]2CCNCC2F)cn1. The summed E-state index contributed by atoms with van der Waals surface area (Å²) < 4.78 is 23.9. The van der Waals surface area contributed by atoms with Crippen molar-refractivity contribution in [3.63, 3.8) is 0 Å². The first-order chi connectivity index (χ1) is 7.79. The average molecular weight is 226 g/mol. The third-order valence-corrected chi connectivity index (χ3v) is 2.55. The highest BCUT2D eigenvalue weighted by atomic mass is 19.1. The highest BCUT2D eigenvalue weighted by molar-refractivity contribution is 5.23. The van der Waals surface area contributed by atoms with Crippen LogP contribution in [-0.4, -0.2) is 37.5 Å². The minimum Gasteiger partial charge on any atom is -0.486 e. The molecule has 0 radical (unpaired) electrons. The van der Waals surface area contributed by atoms with E-state index in [0.717, 1.165) is 6.54 Å². The molecule has 1 aliphatic rings. The van der Waals surface area contributed by atoms with Crippen molar-refractivity contribution in [2.24, 2.45) is 0 Å². The molecule has 1 unspecified atom stereocenters. The summed E-state index contributed by atoms with van der Waals surface area (Å²) in [6.45, 7) is 1.14. The molecule has 1 aliphatic heterocycles. The van der Waals surface area contributed by atoms with Gasteiger partial charge in [0.05, 0.1) is 13.3 Å². The Morgan fingerprint density at radius 2 is 2.38 bits per heavy atom. The summed E-state index contributed by atoms with van der Waals surface area (Å²) in [5.74, 6) is 1.10. The summed E-state index contributed by atoms with van der Waals surface area (Å²) in [6, 6.07) is 3.43. The molecule has 2 heterocycles. The quantitative estimate of drug-likeness (QED) is 0.840. The first-order valence-corrected chi connectivity index (χ1v) is 5.31. The number of nitrogens with zero attached hydrogens (tertiary/aromatic N) is 1. The van der Waals surface area contributed by atoms with Gasteiger partial charge in [-0.1, -0.05) is 0 Å². The molecule has 2 rings (SSSR count). The van der Waals surface area contributed by atoms with Crippen LogP contribution in [0.25, 0.3) is 0 Å². The second kappa shape index (κ2) is 5.12. The number of nitrogens with one attached hydrogen (secondary N) is 1. The summed E-state index contributed by atoms with van der Waals surface area (Å²) in [5.41, 5.74) is 0. The van der Waals surface area contributed by atoms with E-state index < -0.39 is 6.17 Å². The van der Waals surface area contributed by atoms with E-state index in [1.807, 2.05) is 0 Å². The maximum absolute atomic E-state index is 13.4. The molecule has 5 heteroatoms. The molecule has 0 aromatic carbocycles. The van der Waals surface area contributed by atoms with E-state index in [1.54, 1.807) is 25.4 Å². The predicted octanol–water partition coefficient (Wildman–Crippen LogP) is 1.17. The van der Waals surface area contributed by atoms with Gasteiger partial charge in [0, 0.05) is 12.6 Å². The molecule has 1 aromatic heterocycles. The van der Waals surface area contributed by atoms with E-state index >= 15 is 0 Å². The third-order valence-electron chi connectivity index (χ3n) is 2.55. The van der Waals surface area contributed by atoms with Crippen molar-refractivity contribution in [2.75, 3.05) is 20.2 Å². The molecule has 88 valence electrons. The topological polar surface area (TPSA) is 43.4 Å². The lowest BCUT2D eigenvalue weighted by Crippen LogP contribution is -2.44. The maximum atomic E-state index is 13.4. The molecule has 0 saturated carbocycles. The van der Waals surface area contributed by atoms with E-state index in [1.165, 1.54) is 0 Å². The van der Waals surface area contributed by atoms with Crippen molar-refractivity contribution in [3.8, 4) is 11.6 Å². The molecule has 0 spiro atoms. The minimum atomic E-state index is -0.962. The van der Waals surface area contributed by atoms with E-state index in [9.17, 15) is 4.39 Å². The molecule has 16 heavy (non-hydrogen) atoms. The van der Waals surface area contributed by atoms with Crippen LogP contribution in [0, 0.1) is 0 Å². The molecule has 1 N–H and O–H groups in total. The molecule has 2 atom stereocenters. The first kappa shape index (κ1) is 11.1. The van der Waals surface area contributed by atoms with Crippen molar-refractivity contribution in [2.45, 2.75) is 18.7 Å². The van der Waals surface area contributed by atoms with Gasteiger partial charge in [-0.2, -0.15) is 0 Å². The molecule has 1 saturated heterocycles. The van der Waals surface area contributed by atoms with Crippen LogP contribution in [0.1, 0.15) is 6.42 Å². The zero-order valence-electron chi connectivity index (χ0n) is 9.15. The molecule has 0 bridgehead atoms. The highest BCUT2D eigenvalue weighted by Crippen LogP contribution is 2.19. The second-order valence-electron chi connectivity index (χ2n) is 3.70. The fourth-order valence-electron chi connectivity index (χ4n) is 1.66. The summed E-state index contributed by atoms with van der Waals surface area (Å²) in [6.07, 6.45) is 0.883. The van der Waals surface area contributed by atoms with Gasteiger partial charge in [0.25, 0.3) is 0 Å². The number of ether oxygens (including phenoxy) is 2. The normalized spacial score (nSPS) is 25.1. The summed E-state index contributed by atoms with van der Waals surface area (Å²) in [4.78, 5) is 4.00. The lowest BCUT2D eigenvalue weighted by molar-refractivity contribution is 0.0727. The number of pyridine rings is 1. The fourth-order valence-corrected chi connectivity index (χ4v) is 1.66. The van der Waals surface area contributed by atoms with E-state index in [-0.39, 0.29) is 6.10 Å². The van der Waals surface area contributed by atoms with Crippen LogP contribution >= 0.6 is 0 Å². The molecular formula is C11H15FN2O2. The number of hydrogen-bond donors (Lipinski definition) is 1. The van der Waals surface area contributed by atoms with Crippen LogP contribution in [0.4, 0.5) is 4.39 Å². The summed E-state index contributed by atoms with van der Waals surface area (Å²) >= 11 is 0. The molecular weight excluding hydrogens is 211 g/mol.